The lowest BCUT2D eigenvalue weighted by molar-refractivity contribution is 0.0479. The molecular formula is C19H19FN2O2. The maximum atomic E-state index is 13.7. The third-order valence-electron chi connectivity index (χ3n) is 4.05. The lowest BCUT2D eigenvalue weighted by atomic mass is 10.0. The fraction of sp³-hybridized carbons (Fsp3) is 0.263. The van der Waals surface area contributed by atoms with E-state index < -0.39 is 5.82 Å². The molecule has 1 aliphatic rings. The first-order valence-electron chi connectivity index (χ1n) is 7.84. The maximum Gasteiger partial charge on any atom is 0.256 e. The minimum absolute atomic E-state index is 0.0673. The Kier molecular flexibility index (Phi) is 4.60. The summed E-state index contributed by atoms with van der Waals surface area (Å²) in [4.78, 5) is 19.2. The smallest absolute Gasteiger partial charge is 0.256 e. The van der Waals surface area contributed by atoms with Crippen molar-refractivity contribution in [2.24, 2.45) is 5.16 Å². The Morgan fingerprint density at radius 1 is 1.25 bits per heavy atom. The molecule has 5 heteroatoms. The molecule has 0 spiro atoms. The second kappa shape index (κ2) is 6.83. The first kappa shape index (κ1) is 16.2. The van der Waals surface area contributed by atoms with Crippen LogP contribution >= 0.6 is 0 Å². The molecule has 3 rings (SSSR count). The summed E-state index contributed by atoms with van der Waals surface area (Å²) in [6.07, 6.45) is 0.403. The number of halogens is 1. The Morgan fingerprint density at radius 3 is 2.67 bits per heavy atom. The Balaban J connectivity index is 1.61. The van der Waals surface area contributed by atoms with Crippen LogP contribution < -0.4 is 0 Å². The molecule has 0 radical (unpaired) electrons. The van der Waals surface area contributed by atoms with E-state index in [0.717, 1.165) is 11.3 Å². The number of benzene rings is 2. The molecule has 0 saturated carbocycles. The van der Waals surface area contributed by atoms with Gasteiger partial charge < -0.3 is 9.74 Å². The highest BCUT2D eigenvalue weighted by molar-refractivity contribution is 6.01. The fourth-order valence-electron chi connectivity index (χ4n) is 2.67. The second-order valence-electron chi connectivity index (χ2n) is 6.00. The summed E-state index contributed by atoms with van der Waals surface area (Å²) in [6, 6.07) is 14.0. The number of carbonyl (C=O) groups is 1. The first-order valence-corrected chi connectivity index (χ1v) is 7.84. The van der Waals surface area contributed by atoms with E-state index >= 15 is 0 Å². The summed E-state index contributed by atoms with van der Waals surface area (Å²) in [5, 5.41) is 4.12. The van der Waals surface area contributed by atoms with Crippen molar-refractivity contribution in [1.29, 1.82) is 0 Å². The van der Waals surface area contributed by atoms with Crippen LogP contribution in [0.3, 0.4) is 0 Å². The van der Waals surface area contributed by atoms with Crippen LogP contribution in [0.4, 0.5) is 4.39 Å². The van der Waals surface area contributed by atoms with Crippen molar-refractivity contribution in [2.45, 2.75) is 19.4 Å². The number of carbonyl (C=O) groups excluding carboxylic acids is 1. The molecule has 0 fully saturated rings. The second-order valence-corrected chi connectivity index (χ2v) is 6.00. The Bertz CT molecular complexity index is 771. The van der Waals surface area contributed by atoms with E-state index in [2.05, 4.69) is 5.16 Å². The molecule has 0 saturated heterocycles. The minimum Gasteiger partial charge on any atom is -0.390 e. The fourth-order valence-corrected chi connectivity index (χ4v) is 2.67. The van der Waals surface area contributed by atoms with E-state index in [4.69, 9.17) is 4.84 Å². The summed E-state index contributed by atoms with van der Waals surface area (Å²) >= 11 is 0. The zero-order valence-electron chi connectivity index (χ0n) is 13.7. The highest BCUT2D eigenvalue weighted by Gasteiger charge is 2.26. The quantitative estimate of drug-likeness (QED) is 0.864. The molecule has 0 bridgehead atoms. The van der Waals surface area contributed by atoms with Gasteiger partial charge in [-0.3, -0.25) is 4.79 Å². The van der Waals surface area contributed by atoms with Crippen LogP contribution in [-0.2, 0) is 4.84 Å². The van der Waals surface area contributed by atoms with E-state index in [1.807, 2.05) is 31.2 Å². The van der Waals surface area contributed by atoms with E-state index in [-0.39, 0.29) is 17.6 Å². The van der Waals surface area contributed by atoms with Crippen molar-refractivity contribution < 1.29 is 14.0 Å². The molecule has 2 aromatic carbocycles. The molecule has 2 aromatic rings. The number of hydrogen-bond acceptors (Lipinski definition) is 3. The van der Waals surface area contributed by atoms with Crippen molar-refractivity contribution in [1.82, 2.24) is 4.90 Å². The largest absolute Gasteiger partial charge is 0.390 e. The topological polar surface area (TPSA) is 41.9 Å². The van der Waals surface area contributed by atoms with Crippen molar-refractivity contribution in [3.8, 4) is 0 Å². The van der Waals surface area contributed by atoms with Gasteiger partial charge in [0.2, 0.25) is 0 Å². The van der Waals surface area contributed by atoms with Gasteiger partial charge in [-0.25, -0.2) is 4.39 Å². The van der Waals surface area contributed by atoms with Gasteiger partial charge in [-0.05, 0) is 24.6 Å². The van der Waals surface area contributed by atoms with Gasteiger partial charge in [0.1, 0.15) is 5.82 Å². The number of aryl methyl sites for hydroxylation is 1. The molecule has 0 aliphatic carbocycles. The average molecular weight is 326 g/mol. The third-order valence-corrected chi connectivity index (χ3v) is 4.05. The average Bonchev–Trinajstić information content (AvgIpc) is 3.04. The number of rotatable bonds is 4. The Morgan fingerprint density at radius 2 is 1.96 bits per heavy atom. The molecular weight excluding hydrogens is 307 g/mol. The highest BCUT2D eigenvalue weighted by Crippen LogP contribution is 2.19. The normalized spacial score (nSPS) is 16.5. The lowest BCUT2D eigenvalue weighted by Gasteiger charge is -2.20. The van der Waals surface area contributed by atoms with Gasteiger partial charge in [0, 0.05) is 13.5 Å². The van der Waals surface area contributed by atoms with Crippen LogP contribution in [0.5, 0.6) is 0 Å². The van der Waals surface area contributed by atoms with E-state index in [9.17, 15) is 9.18 Å². The molecule has 0 N–H and O–H groups in total. The van der Waals surface area contributed by atoms with Gasteiger partial charge in [-0.2, -0.15) is 0 Å². The summed E-state index contributed by atoms with van der Waals surface area (Å²) in [5.74, 6) is -0.876. The number of oxime groups is 1. The number of hydrogen-bond donors (Lipinski definition) is 0. The Labute approximate surface area is 140 Å². The summed E-state index contributed by atoms with van der Waals surface area (Å²) in [6.45, 7) is 2.38. The third kappa shape index (κ3) is 3.45. The van der Waals surface area contributed by atoms with E-state index in [1.54, 1.807) is 19.2 Å². The van der Waals surface area contributed by atoms with Crippen molar-refractivity contribution in [3.63, 3.8) is 0 Å². The SMILES string of the molecule is Cc1ccc(C2=NO[C@@H](CN(C)C(=O)c3ccccc3F)C2)cc1. The summed E-state index contributed by atoms with van der Waals surface area (Å²) in [5.41, 5.74) is 3.14. The zero-order valence-corrected chi connectivity index (χ0v) is 13.7. The Hall–Kier alpha value is -2.69. The molecule has 124 valence electrons. The molecule has 4 nitrogen and oxygen atoms in total. The van der Waals surface area contributed by atoms with Crippen molar-refractivity contribution >= 4 is 11.6 Å². The number of nitrogens with zero attached hydrogens (tertiary/aromatic N) is 2. The molecule has 24 heavy (non-hydrogen) atoms. The van der Waals surface area contributed by atoms with Crippen molar-refractivity contribution in [2.75, 3.05) is 13.6 Å². The van der Waals surface area contributed by atoms with Crippen molar-refractivity contribution in [3.05, 3.63) is 71.0 Å². The van der Waals surface area contributed by atoms with Crippen LogP contribution in [-0.4, -0.2) is 36.2 Å². The van der Waals surface area contributed by atoms with Crippen LogP contribution in [0.25, 0.3) is 0 Å². The van der Waals surface area contributed by atoms with Gasteiger partial charge in [0.15, 0.2) is 6.10 Å². The summed E-state index contributed by atoms with van der Waals surface area (Å²) in [7, 11) is 1.64. The molecule has 1 heterocycles. The molecule has 0 unspecified atom stereocenters. The van der Waals surface area contributed by atoms with Gasteiger partial charge in [0.05, 0.1) is 17.8 Å². The van der Waals surface area contributed by atoms with Crippen LogP contribution in [0, 0.1) is 12.7 Å². The van der Waals surface area contributed by atoms with Crippen LogP contribution in [0.1, 0.15) is 27.9 Å². The monoisotopic (exact) mass is 326 g/mol. The van der Waals surface area contributed by atoms with Crippen LogP contribution in [0.15, 0.2) is 53.7 Å². The molecule has 1 amide bonds. The van der Waals surface area contributed by atoms with E-state index in [1.165, 1.54) is 22.6 Å². The van der Waals surface area contributed by atoms with Gasteiger partial charge in [-0.1, -0.05) is 47.1 Å². The van der Waals surface area contributed by atoms with Crippen LogP contribution in [0.2, 0.25) is 0 Å². The van der Waals surface area contributed by atoms with E-state index in [0.29, 0.717) is 13.0 Å². The molecule has 1 atom stereocenters. The van der Waals surface area contributed by atoms with Gasteiger partial charge in [-0.15, -0.1) is 0 Å². The molecule has 1 aliphatic heterocycles. The predicted octanol–water partition coefficient (Wildman–Crippen LogP) is 3.40. The lowest BCUT2D eigenvalue weighted by Crippen LogP contribution is -2.35. The standard InChI is InChI=1S/C19H19FN2O2/c1-13-7-9-14(10-8-13)18-11-15(24-21-18)12-22(2)19(23)16-5-3-4-6-17(16)20/h3-10,15H,11-12H2,1-2H3/t15-/m1/s1. The summed E-state index contributed by atoms with van der Waals surface area (Å²) < 4.78 is 13.7. The molecule has 0 aromatic heterocycles. The number of amides is 1. The van der Waals surface area contributed by atoms with Gasteiger partial charge in [0.25, 0.3) is 5.91 Å². The van der Waals surface area contributed by atoms with Gasteiger partial charge >= 0.3 is 0 Å². The maximum absolute atomic E-state index is 13.7. The zero-order chi connectivity index (χ0) is 17.1. The highest BCUT2D eigenvalue weighted by atomic mass is 19.1. The predicted molar refractivity (Wildman–Crippen MR) is 90.6 cm³/mol. The first-order chi connectivity index (χ1) is 11.5. The number of likely N-dealkylation sites (N-methyl/N-ethyl adjacent to an activating group) is 1. The minimum atomic E-state index is -0.515.